The van der Waals surface area contributed by atoms with Gasteiger partial charge in [-0.1, -0.05) is 0 Å². The van der Waals surface area contributed by atoms with Crippen LogP contribution in [0, 0.1) is 0 Å². The summed E-state index contributed by atoms with van der Waals surface area (Å²) in [6, 6.07) is 3.12. The van der Waals surface area contributed by atoms with Gasteiger partial charge in [0.25, 0.3) is 11.8 Å². The van der Waals surface area contributed by atoms with Gasteiger partial charge in [0.15, 0.2) is 17.3 Å². The van der Waals surface area contributed by atoms with Gasteiger partial charge >= 0.3 is 0 Å². The number of aliphatic hydroxyl groups excluding tert-OH is 1. The van der Waals surface area contributed by atoms with Crippen molar-refractivity contribution >= 4 is 23.3 Å². The van der Waals surface area contributed by atoms with Crippen LogP contribution in [0.3, 0.4) is 0 Å². The molecule has 24 heavy (non-hydrogen) atoms. The van der Waals surface area contributed by atoms with Gasteiger partial charge in [-0.15, -0.1) is 0 Å². The monoisotopic (exact) mass is 332 g/mol. The van der Waals surface area contributed by atoms with Crippen LogP contribution in [0.4, 0.5) is 5.69 Å². The van der Waals surface area contributed by atoms with Gasteiger partial charge in [0.05, 0.1) is 18.8 Å². The molecule has 8 heteroatoms. The van der Waals surface area contributed by atoms with Crippen molar-refractivity contribution in [1.82, 2.24) is 4.90 Å². The number of rotatable bonds is 5. The summed E-state index contributed by atoms with van der Waals surface area (Å²) in [6.07, 6.45) is 1.14. The second kappa shape index (κ2) is 6.32. The molecule has 0 fully saturated rings. The van der Waals surface area contributed by atoms with Crippen LogP contribution < -0.4 is 14.8 Å². The van der Waals surface area contributed by atoms with E-state index in [1.165, 1.54) is 6.92 Å². The van der Waals surface area contributed by atoms with Crippen LogP contribution in [0.1, 0.15) is 17.3 Å². The van der Waals surface area contributed by atoms with Gasteiger partial charge in [-0.2, -0.15) is 0 Å². The highest BCUT2D eigenvalue weighted by molar-refractivity contribution is 6.18. The molecular weight excluding hydrogens is 316 g/mol. The molecule has 0 aliphatic carbocycles. The van der Waals surface area contributed by atoms with E-state index in [-0.39, 0.29) is 24.6 Å². The van der Waals surface area contributed by atoms with Crippen molar-refractivity contribution in [2.45, 2.75) is 6.92 Å². The third kappa shape index (κ3) is 2.83. The zero-order valence-corrected chi connectivity index (χ0v) is 13.0. The van der Waals surface area contributed by atoms with E-state index in [4.69, 9.17) is 14.6 Å². The maximum absolute atomic E-state index is 12.2. The summed E-state index contributed by atoms with van der Waals surface area (Å²) in [5, 5.41) is 11.7. The van der Waals surface area contributed by atoms with Crippen LogP contribution >= 0.6 is 0 Å². The summed E-state index contributed by atoms with van der Waals surface area (Å²) in [5.41, 5.74) is 0.707. The van der Waals surface area contributed by atoms with Crippen molar-refractivity contribution in [3.63, 3.8) is 0 Å². The van der Waals surface area contributed by atoms with Crippen LogP contribution in [-0.2, 0) is 9.59 Å². The Balaban J connectivity index is 1.92. The van der Waals surface area contributed by atoms with Gasteiger partial charge in [-0.25, -0.2) is 0 Å². The number of imide groups is 1. The molecule has 1 aromatic carbocycles. The Morgan fingerprint density at radius 2 is 1.92 bits per heavy atom. The summed E-state index contributed by atoms with van der Waals surface area (Å²) in [4.78, 5) is 36.8. The molecule has 0 saturated carbocycles. The van der Waals surface area contributed by atoms with Gasteiger partial charge in [-0.05, 0) is 13.0 Å². The van der Waals surface area contributed by atoms with Crippen molar-refractivity contribution in [2.75, 3.05) is 31.7 Å². The molecule has 2 heterocycles. The van der Waals surface area contributed by atoms with Crippen molar-refractivity contribution in [3.05, 3.63) is 29.5 Å². The number of fused-ring (bicyclic) bond motifs is 1. The van der Waals surface area contributed by atoms with E-state index in [2.05, 4.69) is 5.32 Å². The molecule has 0 bridgehead atoms. The number of aliphatic hydroxyl groups is 1. The fourth-order valence-corrected chi connectivity index (χ4v) is 2.54. The van der Waals surface area contributed by atoms with Gasteiger partial charge in [0.1, 0.15) is 18.9 Å². The molecule has 0 spiro atoms. The second-order valence-corrected chi connectivity index (χ2v) is 5.30. The summed E-state index contributed by atoms with van der Waals surface area (Å²) in [5.74, 6) is -0.379. The smallest absolute Gasteiger partial charge is 0.277 e. The molecule has 0 atom stereocenters. The van der Waals surface area contributed by atoms with Gasteiger partial charge < -0.3 is 19.9 Å². The van der Waals surface area contributed by atoms with E-state index >= 15 is 0 Å². The lowest BCUT2D eigenvalue weighted by Crippen LogP contribution is -2.34. The Morgan fingerprint density at radius 3 is 2.54 bits per heavy atom. The first-order chi connectivity index (χ1) is 11.5. The first-order valence-corrected chi connectivity index (χ1v) is 7.41. The lowest BCUT2D eigenvalue weighted by molar-refractivity contribution is -0.137. The van der Waals surface area contributed by atoms with E-state index < -0.39 is 11.8 Å². The maximum atomic E-state index is 12.2. The first kappa shape index (κ1) is 16.0. The van der Waals surface area contributed by atoms with E-state index in [1.54, 1.807) is 12.1 Å². The predicted octanol–water partition coefficient (Wildman–Crippen LogP) is 0.317. The SMILES string of the molecule is CC(=O)c1cc2c(cc1NC1=CC(=O)N(CCO)C1=O)OCCO2. The van der Waals surface area contributed by atoms with E-state index in [0.29, 0.717) is 36.0 Å². The van der Waals surface area contributed by atoms with Crippen molar-refractivity contribution < 1.29 is 29.0 Å². The van der Waals surface area contributed by atoms with Crippen LogP contribution in [0.15, 0.2) is 23.9 Å². The average molecular weight is 332 g/mol. The molecular formula is C16H16N2O6. The predicted molar refractivity (Wildman–Crippen MR) is 82.9 cm³/mol. The third-order valence-corrected chi connectivity index (χ3v) is 3.66. The Bertz CT molecular complexity index is 755. The fraction of sp³-hybridized carbons (Fsp3) is 0.312. The molecule has 2 aliphatic heterocycles. The zero-order chi connectivity index (χ0) is 17.3. The van der Waals surface area contributed by atoms with Crippen LogP contribution in [0.5, 0.6) is 11.5 Å². The molecule has 2 amide bonds. The lowest BCUT2D eigenvalue weighted by atomic mass is 10.1. The Morgan fingerprint density at radius 1 is 1.25 bits per heavy atom. The van der Waals surface area contributed by atoms with Crippen molar-refractivity contribution in [3.8, 4) is 11.5 Å². The summed E-state index contributed by atoms with van der Waals surface area (Å²) in [7, 11) is 0. The number of anilines is 1. The Hall–Kier alpha value is -2.87. The summed E-state index contributed by atoms with van der Waals surface area (Å²) >= 11 is 0. The van der Waals surface area contributed by atoms with Gasteiger partial charge in [0, 0.05) is 17.7 Å². The molecule has 1 aromatic rings. The Labute approximate surface area is 137 Å². The van der Waals surface area contributed by atoms with Crippen LogP contribution in [0.25, 0.3) is 0 Å². The molecule has 2 N–H and O–H groups in total. The minimum atomic E-state index is -0.557. The summed E-state index contributed by atoms with van der Waals surface area (Å²) < 4.78 is 10.9. The molecule has 0 unspecified atom stereocenters. The quantitative estimate of drug-likeness (QED) is 0.591. The minimum Gasteiger partial charge on any atom is -0.486 e. The highest BCUT2D eigenvalue weighted by Crippen LogP contribution is 2.36. The van der Waals surface area contributed by atoms with Crippen molar-refractivity contribution in [2.24, 2.45) is 0 Å². The Kier molecular flexibility index (Phi) is 4.22. The topological polar surface area (TPSA) is 105 Å². The molecule has 8 nitrogen and oxygen atoms in total. The number of nitrogens with one attached hydrogen (secondary N) is 1. The normalized spacial score (nSPS) is 16.2. The van der Waals surface area contributed by atoms with E-state index in [9.17, 15) is 14.4 Å². The first-order valence-electron chi connectivity index (χ1n) is 7.41. The average Bonchev–Trinajstić information content (AvgIpc) is 2.82. The highest BCUT2D eigenvalue weighted by Gasteiger charge is 2.31. The zero-order valence-electron chi connectivity index (χ0n) is 13.0. The molecule has 3 rings (SSSR count). The third-order valence-electron chi connectivity index (χ3n) is 3.66. The number of carbonyl (C=O) groups excluding carboxylic acids is 3. The van der Waals surface area contributed by atoms with Crippen molar-refractivity contribution in [1.29, 1.82) is 0 Å². The number of benzene rings is 1. The standard InChI is InChI=1S/C16H16N2O6/c1-9(20)10-6-13-14(24-5-4-23-13)7-11(10)17-12-8-15(21)18(2-3-19)16(12)22/h6-8,17,19H,2-5H2,1H3. The molecule has 2 aliphatic rings. The number of carbonyl (C=O) groups is 3. The van der Waals surface area contributed by atoms with E-state index in [1.807, 2.05) is 0 Å². The number of ether oxygens (including phenoxy) is 2. The molecule has 0 radical (unpaired) electrons. The van der Waals surface area contributed by atoms with E-state index in [0.717, 1.165) is 11.0 Å². The van der Waals surface area contributed by atoms with Gasteiger partial charge in [-0.3, -0.25) is 19.3 Å². The fourth-order valence-electron chi connectivity index (χ4n) is 2.54. The second-order valence-electron chi connectivity index (χ2n) is 5.30. The minimum absolute atomic E-state index is 0.0348. The van der Waals surface area contributed by atoms with Crippen LogP contribution in [-0.4, -0.2) is 54.0 Å². The molecule has 0 aromatic heterocycles. The number of nitrogens with zero attached hydrogens (tertiary/aromatic N) is 1. The molecule has 126 valence electrons. The number of hydrogen-bond donors (Lipinski definition) is 2. The molecule has 0 saturated heterocycles. The number of amides is 2. The maximum Gasteiger partial charge on any atom is 0.277 e. The summed E-state index contributed by atoms with van der Waals surface area (Å²) in [6.45, 7) is 1.77. The number of β-amino-alcohol motifs (C(OH)–C–C–N with tert-alkyl or cyclic N) is 1. The lowest BCUT2D eigenvalue weighted by Gasteiger charge is -2.21. The number of hydrogen-bond acceptors (Lipinski definition) is 7. The highest BCUT2D eigenvalue weighted by atomic mass is 16.6. The number of ketones is 1. The van der Waals surface area contributed by atoms with Crippen LogP contribution in [0.2, 0.25) is 0 Å². The number of Topliss-reactive ketones (excluding diaryl/α,β-unsaturated/α-hetero) is 1. The van der Waals surface area contributed by atoms with Gasteiger partial charge in [0.2, 0.25) is 0 Å². The largest absolute Gasteiger partial charge is 0.486 e.